The molecule has 6 nitrogen and oxygen atoms in total. The summed E-state index contributed by atoms with van der Waals surface area (Å²) >= 11 is 0. The predicted molar refractivity (Wildman–Crippen MR) is 113 cm³/mol. The van der Waals surface area contributed by atoms with Gasteiger partial charge in [-0.05, 0) is 37.4 Å². The van der Waals surface area contributed by atoms with Crippen molar-refractivity contribution < 1.29 is 9.59 Å². The zero-order valence-electron chi connectivity index (χ0n) is 17.3. The van der Waals surface area contributed by atoms with E-state index >= 15 is 0 Å². The van der Waals surface area contributed by atoms with Gasteiger partial charge in [-0.2, -0.15) is 0 Å². The molecule has 0 unspecified atom stereocenters. The quantitative estimate of drug-likeness (QED) is 0.778. The molecule has 0 saturated carbocycles. The van der Waals surface area contributed by atoms with Gasteiger partial charge in [0.2, 0.25) is 11.8 Å². The number of aryl methyl sites for hydroxylation is 1. The molecule has 1 N–H and O–H groups in total. The SMILES string of the molecule is CC[C@H](C(=O)NCCN1CCN(CC)CC1)N1C(=O)CCCc2ccccc21. The summed E-state index contributed by atoms with van der Waals surface area (Å²) in [7, 11) is 0. The molecule has 2 aliphatic heterocycles. The molecule has 0 spiro atoms. The molecule has 1 saturated heterocycles. The summed E-state index contributed by atoms with van der Waals surface area (Å²) in [6.45, 7) is 11.1. The van der Waals surface area contributed by atoms with Gasteiger partial charge in [-0.1, -0.05) is 32.0 Å². The fourth-order valence-corrected chi connectivity index (χ4v) is 4.25. The molecule has 1 atom stereocenters. The molecule has 0 aromatic heterocycles. The Balaban J connectivity index is 1.59. The van der Waals surface area contributed by atoms with Crippen LogP contribution in [0.2, 0.25) is 0 Å². The summed E-state index contributed by atoms with van der Waals surface area (Å²) in [6.07, 6.45) is 2.84. The molecule has 1 fully saturated rings. The number of likely N-dealkylation sites (N-methyl/N-ethyl adjacent to an activating group) is 1. The normalized spacial score (nSPS) is 19.8. The van der Waals surface area contributed by atoms with Gasteiger partial charge in [-0.15, -0.1) is 0 Å². The molecule has 1 aromatic carbocycles. The smallest absolute Gasteiger partial charge is 0.243 e. The van der Waals surface area contributed by atoms with Crippen molar-refractivity contribution in [2.75, 3.05) is 50.7 Å². The standard InChI is InChI=1S/C22H34N4O2/c1-3-19(22(28)23-12-13-25-16-14-24(4-2)15-17-25)26-20-10-6-5-8-18(20)9-7-11-21(26)27/h5-6,8,10,19H,3-4,7,9,11-17H2,1-2H3,(H,23,28)/t19-/m1/s1. The van der Waals surface area contributed by atoms with Gasteiger partial charge in [0.25, 0.3) is 0 Å². The van der Waals surface area contributed by atoms with E-state index in [1.807, 2.05) is 25.1 Å². The first-order valence-electron chi connectivity index (χ1n) is 10.8. The van der Waals surface area contributed by atoms with Crippen molar-refractivity contribution in [2.24, 2.45) is 0 Å². The number of hydrogen-bond acceptors (Lipinski definition) is 4. The maximum Gasteiger partial charge on any atom is 0.243 e. The highest BCUT2D eigenvalue weighted by molar-refractivity contribution is 6.01. The molecule has 3 rings (SSSR count). The van der Waals surface area contributed by atoms with Crippen LogP contribution >= 0.6 is 0 Å². The van der Waals surface area contributed by atoms with Crippen molar-refractivity contribution in [3.63, 3.8) is 0 Å². The Hall–Kier alpha value is -1.92. The largest absolute Gasteiger partial charge is 0.353 e. The van der Waals surface area contributed by atoms with E-state index in [0.29, 0.717) is 19.4 Å². The predicted octanol–water partition coefficient (Wildman–Crippen LogP) is 1.89. The number of hydrogen-bond donors (Lipinski definition) is 1. The van der Waals surface area contributed by atoms with Gasteiger partial charge < -0.3 is 10.2 Å². The van der Waals surface area contributed by atoms with Gasteiger partial charge in [0.05, 0.1) is 0 Å². The van der Waals surface area contributed by atoms with Crippen molar-refractivity contribution in [1.82, 2.24) is 15.1 Å². The lowest BCUT2D eigenvalue weighted by Crippen LogP contribution is -2.52. The number of piperazine rings is 1. The van der Waals surface area contributed by atoms with Crippen LogP contribution in [0.3, 0.4) is 0 Å². The summed E-state index contributed by atoms with van der Waals surface area (Å²) < 4.78 is 0. The van der Waals surface area contributed by atoms with Crippen molar-refractivity contribution in [3.05, 3.63) is 29.8 Å². The third-order valence-corrected chi connectivity index (χ3v) is 6.00. The lowest BCUT2D eigenvalue weighted by Gasteiger charge is -2.34. The Bertz CT molecular complexity index is 670. The molecule has 2 heterocycles. The summed E-state index contributed by atoms with van der Waals surface area (Å²) in [4.78, 5) is 32.3. The van der Waals surface area contributed by atoms with E-state index in [0.717, 1.165) is 63.4 Å². The summed E-state index contributed by atoms with van der Waals surface area (Å²) in [5.41, 5.74) is 2.07. The zero-order valence-corrected chi connectivity index (χ0v) is 17.3. The lowest BCUT2D eigenvalue weighted by atomic mass is 10.1. The van der Waals surface area contributed by atoms with E-state index < -0.39 is 6.04 Å². The average molecular weight is 387 g/mol. The van der Waals surface area contributed by atoms with E-state index in [1.165, 1.54) is 0 Å². The van der Waals surface area contributed by atoms with Gasteiger partial charge in [0, 0.05) is 51.4 Å². The summed E-state index contributed by atoms with van der Waals surface area (Å²) in [5, 5.41) is 3.09. The lowest BCUT2D eigenvalue weighted by molar-refractivity contribution is -0.126. The van der Waals surface area contributed by atoms with Gasteiger partial charge >= 0.3 is 0 Å². The van der Waals surface area contributed by atoms with Crippen LogP contribution in [0.4, 0.5) is 5.69 Å². The number of nitrogens with one attached hydrogen (secondary N) is 1. The van der Waals surface area contributed by atoms with Crippen molar-refractivity contribution in [1.29, 1.82) is 0 Å². The molecule has 154 valence electrons. The van der Waals surface area contributed by atoms with Crippen molar-refractivity contribution in [3.8, 4) is 0 Å². The second kappa shape index (κ2) is 10.0. The highest BCUT2D eigenvalue weighted by Crippen LogP contribution is 2.29. The number of anilines is 1. The van der Waals surface area contributed by atoms with Crippen LogP contribution in [0.5, 0.6) is 0 Å². The maximum atomic E-state index is 12.9. The number of carbonyl (C=O) groups is 2. The molecule has 28 heavy (non-hydrogen) atoms. The number of benzene rings is 1. The van der Waals surface area contributed by atoms with Gasteiger partial charge in [-0.3, -0.25) is 19.4 Å². The third kappa shape index (κ3) is 4.92. The minimum Gasteiger partial charge on any atom is -0.353 e. The molecular formula is C22H34N4O2. The van der Waals surface area contributed by atoms with Crippen LogP contribution in [0.1, 0.15) is 38.7 Å². The molecule has 2 amide bonds. The molecule has 1 aromatic rings. The number of para-hydroxylation sites is 1. The summed E-state index contributed by atoms with van der Waals surface area (Å²) in [5.74, 6) is 0.0161. The first-order valence-corrected chi connectivity index (χ1v) is 10.8. The number of nitrogens with zero attached hydrogens (tertiary/aromatic N) is 3. The van der Waals surface area contributed by atoms with Crippen LogP contribution in [-0.2, 0) is 16.0 Å². The first-order chi connectivity index (χ1) is 13.6. The molecule has 0 bridgehead atoms. The van der Waals surface area contributed by atoms with Crippen LogP contribution < -0.4 is 10.2 Å². The Morgan fingerprint density at radius 3 is 2.50 bits per heavy atom. The minimum atomic E-state index is -0.441. The fraction of sp³-hybridized carbons (Fsp3) is 0.636. The Kier molecular flexibility index (Phi) is 7.45. The first kappa shape index (κ1) is 20.8. The third-order valence-electron chi connectivity index (χ3n) is 6.00. The fourth-order valence-electron chi connectivity index (χ4n) is 4.25. The maximum absolute atomic E-state index is 12.9. The number of rotatable bonds is 7. The van der Waals surface area contributed by atoms with Crippen LogP contribution in [0.15, 0.2) is 24.3 Å². The number of amides is 2. The Labute approximate surface area is 168 Å². The van der Waals surface area contributed by atoms with Gasteiger partial charge in [0.1, 0.15) is 6.04 Å². The zero-order chi connectivity index (χ0) is 19.9. The number of fused-ring (bicyclic) bond motifs is 1. The Morgan fingerprint density at radius 2 is 1.79 bits per heavy atom. The second-order valence-electron chi connectivity index (χ2n) is 7.74. The van der Waals surface area contributed by atoms with Crippen molar-refractivity contribution in [2.45, 2.75) is 45.6 Å². The molecule has 6 heteroatoms. The van der Waals surface area contributed by atoms with Crippen LogP contribution in [0.25, 0.3) is 0 Å². The average Bonchev–Trinajstić information content (AvgIpc) is 2.88. The molecular weight excluding hydrogens is 352 g/mol. The monoisotopic (exact) mass is 386 g/mol. The molecule has 0 radical (unpaired) electrons. The van der Waals surface area contributed by atoms with Gasteiger partial charge in [-0.25, -0.2) is 0 Å². The van der Waals surface area contributed by atoms with Crippen LogP contribution in [-0.4, -0.2) is 73.5 Å². The van der Waals surface area contributed by atoms with Crippen molar-refractivity contribution >= 4 is 17.5 Å². The second-order valence-corrected chi connectivity index (χ2v) is 7.74. The molecule has 0 aliphatic carbocycles. The van der Waals surface area contributed by atoms with E-state index in [2.05, 4.69) is 28.1 Å². The van der Waals surface area contributed by atoms with Crippen LogP contribution in [0, 0.1) is 0 Å². The highest BCUT2D eigenvalue weighted by Gasteiger charge is 2.32. The molecule has 2 aliphatic rings. The van der Waals surface area contributed by atoms with E-state index in [1.54, 1.807) is 4.90 Å². The van der Waals surface area contributed by atoms with Gasteiger partial charge in [0.15, 0.2) is 0 Å². The minimum absolute atomic E-state index is 0.0419. The van der Waals surface area contributed by atoms with E-state index in [-0.39, 0.29) is 11.8 Å². The topological polar surface area (TPSA) is 55.9 Å². The van der Waals surface area contributed by atoms with E-state index in [9.17, 15) is 9.59 Å². The highest BCUT2D eigenvalue weighted by atomic mass is 16.2. The number of carbonyl (C=O) groups excluding carboxylic acids is 2. The Morgan fingerprint density at radius 1 is 1.07 bits per heavy atom. The van der Waals surface area contributed by atoms with E-state index in [4.69, 9.17) is 0 Å². The summed E-state index contributed by atoms with van der Waals surface area (Å²) in [6, 6.07) is 7.56.